The lowest BCUT2D eigenvalue weighted by Gasteiger charge is -2.12. The summed E-state index contributed by atoms with van der Waals surface area (Å²) in [4.78, 5) is 4.32. The van der Waals surface area contributed by atoms with Crippen molar-refractivity contribution >= 4 is 40.9 Å². The Morgan fingerprint density at radius 3 is 2.86 bits per heavy atom. The van der Waals surface area contributed by atoms with Crippen LogP contribution in [-0.2, 0) is 25.9 Å². The van der Waals surface area contributed by atoms with Gasteiger partial charge in [0.1, 0.15) is 23.0 Å². The lowest BCUT2D eigenvalue weighted by atomic mass is 10.1. The number of halogens is 1. The maximum Gasteiger partial charge on any atom is 0.191 e. The van der Waals surface area contributed by atoms with Gasteiger partial charge in [-0.15, -0.1) is 34.2 Å². The molecule has 0 fully saturated rings. The van der Waals surface area contributed by atoms with E-state index in [1.807, 2.05) is 18.2 Å². The highest BCUT2D eigenvalue weighted by molar-refractivity contribution is 14.0. The number of rotatable bonds is 5. The van der Waals surface area contributed by atoms with Crippen molar-refractivity contribution in [2.75, 3.05) is 13.6 Å². The second kappa shape index (κ2) is 10.1. The molecule has 0 radical (unpaired) electrons. The molecule has 0 aliphatic carbocycles. The molecule has 0 saturated carbocycles. The summed E-state index contributed by atoms with van der Waals surface area (Å²) in [5.41, 5.74) is 2.09. The van der Waals surface area contributed by atoms with Crippen molar-refractivity contribution in [2.24, 2.45) is 4.99 Å². The smallest absolute Gasteiger partial charge is 0.191 e. The van der Waals surface area contributed by atoms with E-state index in [9.17, 15) is 0 Å². The van der Waals surface area contributed by atoms with Gasteiger partial charge in [0.15, 0.2) is 5.96 Å². The minimum Gasteiger partial charge on any atom is -0.459 e. The van der Waals surface area contributed by atoms with E-state index in [-0.39, 0.29) is 24.0 Å². The Morgan fingerprint density at radius 1 is 1.17 bits per heavy atom. The Labute approximate surface area is 188 Å². The SMILES string of the molecule is CN=C(NCCc1nnc2n1CCCCC2)NCc1oc2ccccc2c1C.I. The van der Waals surface area contributed by atoms with E-state index in [4.69, 9.17) is 4.42 Å². The number of benzene rings is 1. The number of furan rings is 1. The van der Waals surface area contributed by atoms with Crippen LogP contribution < -0.4 is 10.6 Å². The minimum atomic E-state index is 0. The van der Waals surface area contributed by atoms with E-state index in [1.165, 1.54) is 24.8 Å². The first-order chi connectivity index (χ1) is 13.8. The number of hydrogen-bond acceptors (Lipinski definition) is 4. The van der Waals surface area contributed by atoms with E-state index >= 15 is 0 Å². The van der Waals surface area contributed by atoms with Crippen LogP contribution in [-0.4, -0.2) is 34.3 Å². The van der Waals surface area contributed by atoms with Crippen LogP contribution >= 0.6 is 24.0 Å². The van der Waals surface area contributed by atoms with Crippen molar-refractivity contribution in [3.8, 4) is 0 Å². The Bertz CT molecular complexity index is 977. The number of aryl methyl sites for hydroxylation is 2. The van der Waals surface area contributed by atoms with Crippen LogP contribution in [0, 0.1) is 6.92 Å². The van der Waals surface area contributed by atoms with Gasteiger partial charge in [0.25, 0.3) is 0 Å². The zero-order chi connectivity index (χ0) is 19.3. The van der Waals surface area contributed by atoms with Gasteiger partial charge in [0.2, 0.25) is 0 Å². The number of aliphatic imine (C=N–C) groups is 1. The van der Waals surface area contributed by atoms with E-state index in [0.717, 1.165) is 60.3 Å². The predicted octanol–water partition coefficient (Wildman–Crippen LogP) is 3.58. The number of nitrogens with zero attached hydrogens (tertiary/aromatic N) is 4. The topological polar surface area (TPSA) is 80.3 Å². The van der Waals surface area contributed by atoms with Gasteiger partial charge in [-0.2, -0.15) is 0 Å². The van der Waals surface area contributed by atoms with Crippen molar-refractivity contribution in [1.82, 2.24) is 25.4 Å². The average molecular weight is 508 g/mol. The number of hydrogen-bond donors (Lipinski definition) is 2. The number of aromatic nitrogens is 3. The van der Waals surface area contributed by atoms with Gasteiger partial charge >= 0.3 is 0 Å². The molecule has 1 aromatic carbocycles. The summed E-state index contributed by atoms with van der Waals surface area (Å²) in [6.07, 6.45) is 5.58. The Kier molecular flexibility index (Phi) is 7.51. The third kappa shape index (κ3) is 4.91. The summed E-state index contributed by atoms with van der Waals surface area (Å²) in [6, 6.07) is 8.12. The molecular formula is C21H29IN6O. The molecular weight excluding hydrogens is 479 g/mol. The molecule has 156 valence electrons. The zero-order valence-electron chi connectivity index (χ0n) is 17.1. The standard InChI is InChI=1S/C21H28N6O.HI/c1-15-16-8-5-6-9-17(16)28-18(15)14-24-21(22-2)23-12-11-20-26-25-19-10-4-3-7-13-27(19)20;/h5-6,8-9H,3-4,7,10-14H2,1-2H3,(H2,22,23,24);1H. The highest BCUT2D eigenvalue weighted by Gasteiger charge is 2.14. The molecule has 0 saturated heterocycles. The molecule has 2 N–H and O–H groups in total. The lowest BCUT2D eigenvalue weighted by Crippen LogP contribution is -2.38. The van der Waals surface area contributed by atoms with E-state index < -0.39 is 0 Å². The quantitative estimate of drug-likeness (QED) is 0.313. The van der Waals surface area contributed by atoms with E-state index in [0.29, 0.717) is 6.54 Å². The van der Waals surface area contributed by atoms with Crippen molar-refractivity contribution in [1.29, 1.82) is 0 Å². The van der Waals surface area contributed by atoms with Crippen LogP contribution in [0.2, 0.25) is 0 Å². The first-order valence-corrected chi connectivity index (χ1v) is 10.1. The second-order valence-corrected chi connectivity index (χ2v) is 7.24. The third-order valence-electron chi connectivity index (χ3n) is 5.41. The minimum absolute atomic E-state index is 0. The molecule has 3 aromatic rings. The Balaban J connectivity index is 0.00000240. The normalized spacial score (nSPS) is 14.2. The molecule has 7 nitrogen and oxygen atoms in total. The summed E-state index contributed by atoms with van der Waals surface area (Å²) in [5.74, 6) is 3.89. The number of nitrogens with one attached hydrogen (secondary N) is 2. The maximum absolute atomic E-state index is 5.96. The molecule has 1 aliphatic rings. The van der Waals surface area contributed by atoms with Crippen LogP contribution in [0.1, 0.15) is 42.2 Å². The molecule has 4 rings (SSSR count). The molecule has 0 atom stereocenters. The van der Waals surface area contributed by atoms with Crippen LogP contribution in [0.3, 0.4) is 0 Å². The van der Waals surface area contributed by atoms with Crippen molar-refractivity contribution < 1.29 is 4.42 Å². The molecule has 0 unspecified atom stereocenters. The summed E-state index contributed by atoms with van der Waals surface area (Å²) in [6.45, 7) is 4.49. The number of fused-ring (bicyclic) bond motifs is 2. The van der Waals surface area contributed by atoms with Crippen LogP contribution in [0.5, 0.6) is 0 Å². The molecule has 3 heterocycles. The molecule has 0 amide bonds. The summed E-state index contributed by atoms with van der Waals surface area (Å²) >= 11 is 0. The van der Waals surface area contributed by atoms with E-state index in [2.05, 4.69) is 43.4 Å². The van der Waals surface area contributed by atoms with Crippen LogP contribution in [0.4, 0.5) is 0 Å². The average Bonchev–Trinajstić information content (AvgIpc) is 3.15. The molecule has 1 aliphatic heterocycles. The highest BCUT2D eigenvalue weighted by Crippen LogP contribution is 2.24. The Morgan fingerprint density at radius 2 is 2.03 bits per heavy atom. The summed E-state index contributed by atoms with van der Waals surface area (Å²) < 4.78 is 8.26. The fraction of sp³-hybridized carbons (Fsp3) is 0.476. The van der Waals surface area contributed by atoms with Gasteiger partial charge in [-0.1, -0.05) is 24.6 Å². The number of guanidine groups is 1. The lowest BCUT2D eigenvalue weighted by molar-refractivity contribution is 0.534. The summed E-state index contributed by atoms with van der Waals surface area (Å²) in [7, 11) is 1.78. The number of para-hydroxylation sites is 1. The first-order valence-electron chi connectivity index (χ1n) is 10.1. The fourth-order valence-corrected chi connectivity index (χ4v) is 3.80. The monoisotopic (exact) mass is 508 g/mol. The van der Waals surface area contributed by atoms with Gasteiger partial charge in [-0.05, 0) is 25.8 Å². The van der Waals surface area contributed by atoms with Crippen molar-refractivity contribution in [3.05, 3.63) is 47.2 Å². The largest absolute Gasteiger partial charge is 0.459 e. The van der Waals surface area contributed by atoms with Gasteiger partial charge in [0.05, 0.1) is 6.54 Å². The molecule has 29 heavy (non-hydrogen) atoms. The molecule has 2 aromatic heterocycles. The van der Waals surface area contributed by atoms with Gasteiger partial charge in [0, 0.05) is 43.9 Å². The third-order valence-corrected chi connectivity index (χ3v) is 5.41. The van der Waals surface area contributed by atoms with Crippen molar-refractivity contribution in [3.63, 3.8) is 0 Å². The predicted molar refractivity (Wildman–Crippen MR) is 126 cm³/mol. The van der Waals surface area contributed by atoms with Gasteiger partial charge in [-0.25, -0.2) is 0 Å². The fourth-order valence-electron chi connectivity index (χ4n) is 3.80. The van der Waals surface area contributed by atoms with Crippen LogP contribution in [0.15, 0.2) is 33.7 Å². The molecule has 8 heteroatoms. The zero-order valence-corrected chi connectivity index (χ0v) is 19.4. The van der Waals surface area contributed by atoms with Crippen LogP contribution in [0.25, 0.3) is 11.0 Å². The summed E-state index contributed by atoms with van der Waals surface area (Å²) in [5, 5.41) is 16.6. The van der Waals surface area contributed by atoms with Gasteiger partial charge < -0.3 is 19.6 Å². The molecule has 0 spiro atoms. The first kappa shape index (κ1) is 21.6. The van der Waals surface area contributed by atoms with E-state index in [1.54, 1.807) is 7.05 Å². The van der Waals surface area contributed by atoms with Gasteiger partial charge in [-0.3, -0.25) is 4.99 Å². The Hall–Kier alpha value is -2.10. The molecule has 0 bridgehead atoms. The highest BCUT2D eigenvalue weighted by atomic mass is 127. The van der Waals surface area contributed by atoms with Crippen molar-refractivity contribution in [2.45, 2.75) is 52.1 Å². The maximum atomic E-state index is 5.96. The second-order valence-electron chi connectivity index (χ2n) is 7.24.